The summed E-state index contributed by atoms with van der Waals surface area (Å²) in [4.78, 5) is 49.7. The molecule has 0 bridgehead atoms. The lowest BCUT2D eigenvalue weighted by Gasteiger charge is -2.13. The van der Waals surface area contributed by atoms with Gasteiger partial charge in [-0.3, -0.25) is 19.5 Å². The largest absolute Gasteiger partial charge is 0.419 e. The van der Waals surface area contributed by atoms with Gasteiger partial charge < -0.3 is 14.8 Å². The minimum absolute atomic E-state index is 0.0246. The molecule has 3 N–H and O–H groups in total. The van der Waals surface area contributed by atoms with E-state index in [4.69, 9.17) is 5.11 Å². The molecule has 0 spiro atoms. The van der Waals surface area contributed by atoms with E-state index in [-0.39, 0.29) is 24.2 Å². The van der Waals surface area contributed by atoms with Gasteiger partial charge >= 0.3 is 11.4 Å². The van der Waals surface area contributed by atoms with Crippen molar-refractivity contribution in [2.75, 3.05) is 18.5 Å². The second-order valence-electron chi connectivity index (χ2n) is 4.76. The number of β-amino-alcohol motifs (C(OH)–C–C–N with tert-alkyl or cyclic N) is 1. The Balaban J connectivity index is 1.92. The SMILES string of the molecule is O=C1C=C(Nc2ccc3[nH]c(=O)oc(=O)c3c2)C(=O)N1CCO. The molecule has 0 fully saturated rings. The average Bonchev–Trinajstić information content (AvgIpc) is 2.76. The Bertz CT molecular complexity index is 955. The number of nitrogens with zero attached hydrogens (tertiary/aromatic N) is 1. The zero-order valence-corrected chi connectivity index (χ0v) is 11.7. The average molecular weight is 317 g/mol. The van der Waals surface area contributed by atoms with Gasteiger partial charge in [-0.15, -0.1) is 0 Å². The maximum Gasteiger partial charge on any atom is 0.419 e. The van der Waals surface area contributed by atoms with Crippen LogP contribution in [-0.2, 0) is 9.59 Å². The van der Waals surface area contributed by atoms with E-state index in [1.54, 1.807) is 0 Å². The maximum absolute atomic E-state index is 12.0. The number of carbonyl (C=O) groups excluding carboxylic acids is 2. The number of amides is 2. The van der Waals surface area contributed by atoms with Gasteiger partial charge in [-0.05, 0) is 18.2 Å². The van der Waals surface area contributed by atoms with Gasteiger partial charge in [-0.2, -0.15) is 0 Å². The normalized spacial score (nSPS) is 14.5. The minimum atomic E-state index is -0.859. The number of aliphatic hydroxyl groups is 1. The molecule has 2 aromatic rings. The molecule has 0 saturated carbocycles. The van der Waals surface area contributed by atoms with Crippen molar-refractivity contribution in [3.8, 4) is 0 Å². The van der Waals surface area contributed by atoms with Crippen molar-refractivity contribution in [2.24, 2.45) is 0 Å². The van der Waals surface area contributed by atoms with Crippen LogP contribution in [0.1, 0.15) is 0 Å². The molecular weight excluding hydrogens is 306 g/mol. The molecule has 2 heterocycles. The number of aliphatic hydroxyl groups excluding tert-OH is 1. The number of imide groups is 1. The van der Waals surface area contributed by atoms with Gasteiger partial charge in [-0.25, -0.2) is 9.59 Å². The molecule has 0 atom stereocenters. The summed E-state index contributed by atoms with van der Waals surface area (Å²) in [6.07, 6.45) is 1.11. The quantitative estimate of drug-likeness (QED) is 0.625. The van der Waals surface area contributed by atoms with Gasteiger partial charge in [0.2, 0.25) is 0 Å². The number of hydrogen-bond acceptors (Lipinski definition) is 7. The molecule has 0 saturated heterocycles. The highest BCUT2D eigenvalue weighted by Gasteiger charge is 2.30. The van der Waals surface area contributed by atoms with E-state index in [1.165, 1.54) is 18.2 Å². The van der Waals surface area contributed by atoms with E-state index in [2.05, 4.69) is 14.7 Å². The summed E-state index contributed by atoms with van der Waals surface area (Å²) in [6, 6.07) is 4.40. The van der Waals surface area contributed by atoms with Crippen LogP contribution in [0.4, 0.5) is 5.69 Å². The molecule has 23 heavy (non-hydrogen) atoms. The molecule has 9 heteroatoms. The van der Waals surface area contributed by atoms with Crippen molar-refractivity contribution in [3.63, 3.8) is 0 Å². The van der Waals surface area contributed by atoms with Crippen molar-refractivity contribution in [2.45, 2.75) is 0 Å². The van der Waals surface area contributed by atoms with E-state index >= 15 is 0 Å². The Kier molecular flexibility index (Phi) is 3.54. The molecule has 3 rings (SSSR count). The monoisotopic (exact) mass is 317 g/mol. The summed E-state index contributed by atoms with van der Waals surface area (Å²) in [7, 11) is 0. The highest BCUT2D eigenvalue weighted by molar-refractivity contribution is 6.17. The highest BCUT2D eigenvalue weighted by Crippen LogP contribution is 2.19. The maximum atomic E-state index is 12.0. The number of rotatable bonds is 4. The van der Waals surface area contributed by atoms with Crippen molar-refractivity contribution >= 4 is 28.4 Å². The third-order valence-corrected chi connectivity index (χ3v) is 3.27. The molecule has 1 aromatic heterocycles. The van der Waals surface area contributed by atoms with Gasteiger partial charge in [0.15, 0.2) is 0 Å². The van der Waals surface area contributed by atoms with E-state index in [1.807, 2.05) is 0 Å². The van der Waals surface area contributed by atoms with Gasteiger partial charge in [0, 0.05) is 11.8 Å². The van der Waals surface area contributed by atoms with E-state index in [0.29, 0.717) is 11.2 Å². The second-order valence-corrected chi connectivity index (χ2v) is 4.76. The Morgan fingerprint density at radius 2 is 2.00 bits per heavy atom. The van der Waals surface area contributed by atoms with Crippen molar-refractivity contribution in [3.05, 3.63) is 50.9 Å². The minimum Gasteiger partial charge on any atom is -0.395 e. The summed E-state index contributed by atoms with van der Waals surface area (Å²) in [5.74, 6) is -1.96. The number of hydrogen-bond donors (Lipinski definition) is 3. The molecule has 0 aliphatic carbocycles. The number of aromatic nitrogens is 1. The number of fused-ring (bicyclic) bond motifs is 1. The Hall–Kier alpha value is -3.20. The summed E-state index contributed by atoms with van der Waals surface area (Å²) >= 11 is 0. The predicted octanol–water partition coefficient (Wildman–Crippen LogP) is -0.862. The first-order chi connectivity index (χ1) is 11.0. The third-order valence-electron chi connectivity index (χ3n) is 3.27. The van der Waals surface area contributed by atoms with Crippen molar-refractivity contribution in [1.29, 1.82) is 0 Å². The van der Waals surface area contributed by atoms with Crippen LogP contribution in [0, 0.1) is 0 Å². The van der Waals surface area contributed by atoms with Gasteiger partial charge in [0.05, 0.1) is 24.1 Å². The molecule has 9 nitrogen and oxygen atoms in total. The molecule has 1 aliphatic heterocycles. The number of anilines is 1. The fraction of sp³-hybridized carbons (Fsp3) is 0.143. The lowest BCUT2D eigenvalue weighted by Crippen LogP contribution is -2.34. The number of carbonyl (C=O) groups is 2. The second kappa shape index (κ2) is 5.54. The molecular formula is C14H11N3O6. The zero-order valence-electron chi connectivity index (χ0n) is 11.7. The van der Waals surface area contributed by atoms with Crippen LogP contribution in [0.3, 0.4) is 0 Å². The third kappa shape index (κ3) is 2.64. The van der Waals surface area contributed by atoms with Crippen LogP contribution in [0.25, 0.3) is 10.9 Å². The summed E-state index contributed by atoms with van der Waals surface area (Å²) in [5, 5.41) is 11.7. The van der Waals surface area contributed by atoms with Crippen LogP contribution in [0.15, 0.2) is 44.0 Å². The molecule has 0 unspecified atom stereocenters. The van der Waals surface area contributed by atoms with Gasteiger partial charge in [-0.1, -0.05) is 0 Å². The smallest absolute Gasteiger partial charge is 0.395 e. The van der Waals surface area contributed by atoms with E-state index in [9.17, 15) is 19.2 Å². The zero-order chi connectivity index (χ0) is 16.6. The first kappa shape index (κ1) is 14.7. The molecule has 2 amide bonds. The van der Waals surface area contributed by atoms with Crippen LogP contribution < -0.4 is 16.7 Å². The first-order valence-electron chi connectivity index (χ1n) is 6.62. The van der Waals surface area contributed by atoms with Crippen molar-refractivity contribution < 1.29 is 19.1 Å². The number of aromatic amines is 1. The topological polar surface area (TPSA) is 133 Å². The predicted molar refractivity (Wildman–Crippen MR) is 78.6 cm³/mol. The Morgan fingerprint density at radius 3 is 2.74 bits per heavy atom. The van der Waals surface area contributed by atoms with Gasteiger partial charge in [0.1, 0.15) is 5.70 Å². The summed E-state index contributed by atoms with van der Waals surface area (Å²) in [5.41, 5.74) is -0.120. The molecule has 118 valence electrons. The van der Waals surface area contributed by atoms with Crippen LogP contribution in [-0.4, -0.2) is 40.0 Å². The number of H-pyrrole nitrogens is 1. The number of nitrogens with one attached hydrogen (secondary N) is 2. The molecule has 1 aliphatic rings. The standard InChI is InChI=1S/C14H11N3O6/c18-4-3-17-11(19)6-10(12(17)20)15-7-1-2-9-8(5-7)13(21)23-14(22)16-9/h1-2,5-6,15,18H,3-4H2,(H,16,22). The lowest BCUT2D eigenvalue weighted by molar-refractivity contribution is -0.137. The molecule has 0 radical (unpaired) electrons. The van der Waals surface area contributed by atoms with Crippen LogP contribution in [0.2, 0.25) is 0 Å². The Morgan fingerprint density at radius 1 is 1.22 bits per heavy atom. The first-order valence-corrected chi connectivity index (χ1v) is 6.62. The molecule has 1 aromatic carbocycles. The fourth-order valence-corrected chi connectivity index (χ4v) is 2.24. The van der Waals surface area contributed by atoms with Crippen molar-refractivity contribution in [1.82, 2.24) is 9.88 Å². The van der Waals surface area contributed by atoms with E-state index in [0.717, 1.165) is 11.0 Å². The lowest BCUT2D eigenvalue weighted by atomic mass is 10.2. The fourth-order valence-electron chi connectivity index (χ4n) is 2.24. The Labute approximate surface area is 127 Å². The van der Waals surface area contributed by atoms with Crippen LogP contribution in [0.5, 0.6) is 0 Å². The van der Waals surface area contributed by atoms with Crippen LogP contribution >= 0.6 is 0 Å². The van der Waals surface area contributed by atoms with E-state index < -0.39 is 23.2 Å². The summed E-state index contributed by atoms with van der Waals surface area (Å²) in [6.45, 7) is -0.426. The van der Waals surface area contributed by atoms with Gasteiger partial charge in [0.25, 0.3) is 11.8 Å². The highest BCUT2D eigenvalue weighted by atomic mass is 16.4. The number of benzene rings is 1. The summed E-state index contributed by atoms with van der Waals surface area (Å²) < 4.78 is 4.44.